The van der Waals surface area contributed by atoms with Gasteiger partial charge in [-0.3, -0.25) is 0 Å². The molecule has 0 amide bonds. The lowest BCUT2D eigenvalue weighted by molar-refractivity contribution is -0.164. The first-order valence-electron chi connectivity index (χ1n) is 5.39. The fraction of sp³-hybridized carbons (Fsp3) is 0.333. The molecule has 116 valence electrons. The monoisotopic (exact) mass is 320 g/mol. The second kappa shape index (κ2) is 4.41. The average Bonchev–Trinajstić information content (AvgIpc) is 2.62. The molecule has 0 N–H and O–H groups in total. The molecule has 0 radical (unpaired) electrons. The van der Waals surface area contributed by atoms with Gasteiger partial charge in [0.2, 0.25) is 0 Å². The Morgan fingerprint density at radius 2 is 1.24 bits per heavy atom. The van der Waals surface area contributed by atoms with E-state index in [1.807, 2.05) is 0 Å². The molecule has 2 rings (SSSR count). The van der Waals surface area contributed by atoms with Crippen LogP contribution < -0.4 is 0 Å². The van der Waals surface area contributed by atoms with E-state index in [2.05, 4.69) is 0 Å². The third kappa shape index (κ3) is 2.60. The lowest BCUT2D eigenvalue weighted by Gasteiger charge is -2.22. The predicted molar refractivity (Wildman–Crippen MR) is 54.3 cm³/mol. The topological polar surface area (TPSA) is 0 Å². The van der Waals surface area contributed by atoms with Crippen LogP contribution in [-0.2, 0) is 0 Å². The van der Waals surface area contributed by atoms with E-state index < -0.39 is 46.7 Å². The van der Waals surface area contributed by atoms with Gasteiger partial charge in [-0.25, -0.2) is 0 Å². The molecule has 21 heavy (non-hydrogen) atoms. The van der Waals surface area contributed by atoms with Crippen LogP contribution in [0.15, 0.2) is 29.8 Å². The molecular formula is C12H5F9. The lowest BCUT2D eigenvalue weighted by Crippen LogP contribution is -2.29. The molecule has 0 heterocycles. The maximum absolute atomic E-state index is 12.9. The standard InChI is InChI=1S/C12H5F9/c13-10(14,15)7-5-3-1-2-4-6(5)8(11(16,17)18)9(7)12(19,20)21/h1-4,7H. The van der Waals surface area contributed by atoms with E-state index in [9.17, 15) is 39.5 Å². The van der Waals surface area contributed by atoms with Crippen molar-refractivity contribution in [3.63, 3.8) is 0 Å². The highest BCUT2D eigenvalue weighted by Crippen LogP contribution is 2.58. The molecule has 0 fully saturated rings. The first-order chi connectivity index (χ1) is 9.35. The van der Waals surface area contributed by atoms with E-state index in [0.29, 0.717) is 12.1 Å². The highest BCUT2D eigenvalue weighted by Gasteiger charge is 2.60. The van der Waals surface area contributed by atoms with Gasteiger partial charge in [-0.1, -0.05) is 24.3 Å². The van der Waals surface area contributed by atoms with Gasteiger partial charge in [0.25, 0.3) is 0 Å². The number of allylic oxidation sites excluding steroid dienone is 2. The summed E-state index contributed by atoms with van der Waals surface area (Å²) in [6.45, 7) is 0. The van der Waals surface area contributed by atoms with E-state index in [4.69, 9.17) is 0 Å². The Hall–Kier alpha value is -1.67. The summed E-state index contributed by atoms with van der Waals surface area (Å²) in [6, 6.07) is 3.15. The average molecular weight is 320 g/mol. The molecule has 0 nitrogen and oxygen atoms in total. The van der Waals surface area contributed by atoms with Crippen LogP contribution in [0.5, 0.6) is 0 Å². The SMILES string of the molecule is FC(F)(F)C1=C(C(F)(F)F)C(C(F)(F)F)c2ccccc21. The number of rotatable bonds is 0. The first-order valence-corrected chi connectivity index (χ1v) is 5.39. The van der Waals surface area contributed by atoms with E-state index in [1.54, 1.807) is 0 Å². The minimum atomic E-state index is -5.75. The fourth-order valence-corrected chi connectivity index (χ4v) is 2.37. The summed E-state index contributed by atoms with van der Waals surface area (Å²) in [6.07, 6.45) is -16.8. The summed E-state index contributed by atoms with van der Waals surface area (Å²) in [5.74, 6) is -3.33. The molecule has 1 atom stereocenters. The van der Waals surface area contributed by atoms with Gasteiger partial charge in [-0.2, -0.15) is 39.5 Å². The summed E-state index contributed by atoms with van der Waals surface area (Å²) < 4.78 is 116. The maximum Gasteiger partial charge on any atom is 0.417 e. The van der Waals surface area contributed by atoms with Crippen molar-refractivity contribution in [2.24, 2.45) is 0 Å². The zero-order valence-electron chi connectivity index (χ0n) is 9.79. The highest BCUT2D eigenvalue weighted by molar-refractivity contribution is 5.82. The summed E-state index contributed by atoms with van der Waals surface area (Å²) in [5.41, 5.74) is -7.00. The van der Waals surface area contributed by atoms with Crippen LogP contribution >= 0.6 is 0 Å². The second-order valence-corrected chi connectivity index (χ2v) is 4.35. The number of hydrogen-bond donors (Lipinski definition) is 0. The van der Waals surface area contributed by atoms with Gasteiger partial charge in [0.15, 0.2) is 0 Å². The molecule has 1 unspecified atom stereocenters. The molecule has 1 aliphatic carbocycles. The van der Waals surface area contributed by atoms with Crippen LogP contribution in [0.4, 0.5) is 39.5 Å². The van der Waals surface area contributed by atoms with E-state index in [1.165, 1.54) is 0 Å². The van der Waals surface area contributed by atoms with Gasteiger partial charge in [0.1, 0.15) is 5.92 Å². The Balaban J connectivity index is 2.86. The van der Waals surface area contributed by atoms with Crippen molar-refractivity contribution in [2.45, 2.75) is 24.4 Å². The quantitative estimate of drug-likeness (QED) is 0.575. The van der Waals surface area contributed by atoms with E-state index in [-0.39, 0.29) is 0 Å². The summed E-state index contributed by atoms with van der Waals surface area (Å²) >= 11 is 0. The first kappa shape index (κ1) is 15.7. The Kier molecular flexibility index (Phi) is 3.30. The number of halogens is 9. The van der Waals surface area contributed by atoms with Gasteiger partial charge in [0, 0.05) is 0 Å². The molecule has 0 saturated heterocycles. The van der Waals surface area contributed by atoms with Crippen LogP contribution in [0.3, 0.4) is 0 Å². The van der Waals surface area contributed by atoms with Gasteiger partial charge in [-0.05, 0) is 11.1 Å². The molecule has 9 heteroatoms. The van der Waals surface area contributed by atoms with Crippen LogP contribution in [0, 0.1) is 0 Å². The van der Waals surface area contributed by atoms with Crippen LogP contribution in [-0.4, -0.2) is 18.5 Å². The van der Waals surface area contributed by atoms with Crippen molar-refractivity contribution in [3.05, 3.63) is 41.0 Å². The summed E-state index contributed by atoms with van der Waals surface area (Å²) in [7, 11) is 0. The Morgan fingerprint density at radius 3 is 1.67 bits per heavy atom. The highest BCUT2D eigenvalue weighted by atomic mass is 19.4. The van der Waals surface area contributed by atoms with Gasteiger partial charge in [0.05, 0.1) is 11.1 Å². The lowest BCUT2D eigenvalue weighted by atomic mass is 9.94. The Bertz CT molecular complexity index is 586. The number of fused-ring (bicyclic) bond motifs is 1. The molecule has 0 bridgehead atoms. The molecule has 1 aromatic rings. The maximum atomic E-state index is 12.9. The molecule has 1 aromatic carbocycles. The van der Waals surface area contributed by atoms with E-state index in [0.717, 1.165) is 12.1 Å². The molecule has 0 saturated carbocycles. The number of benzene rings is 1. The molecule has 0 aromatic heterocycles. The second-order valence-electron chi connectivity index (χ2n) is 4.35. The normalized spacial score (nSPS) is 20.0. The van der Waals surface area contributed by atoms with Gasteiger partial charge >= 0.3 is 18.5 Å². The third-order valence-corrected chi connectivity index (χ3v) is 3.02. The van der Waals surface area contributed by atoms with Crippen molar-refractivity contribution in [1.82, 2.24) is 0 Å². The molecule has 0 spiro atoms. The molecular weight excluding hydrogens is 315 g/mol. The Labute approximate surface area is 111 Å². The largest absolute Gasteiger partial charge is 0.417 e. The summed E-state index contributed by atoms with van der Waals surface area (Å²) in [4.78, 5) is 0. The Morgan fingerprint density at radius 1 is 0.714 bits per heavy atom. The molecule has 1 aliphatic rings. The zero-order valence-corrected chi connectivity index (χ0v) is 9.79. The molecule has 0 aliphatic heterocycles. The van der Waals surface area contributed by atoms with Crippen molar-refractivity contribution in [1.29, 1.82) is 0 Å². The predicted octanol–water partition coefficient (Wildman–Crippen LogP) is 5.22. The smallest absolute Gasteiger partial charge is 0.170 e. The van der Waals surface area contributed by atoms with Gasteiger partial charge in [-0.15, -0.1) is 0 Å². The summed E-state index contributed by atoms with van der Waals surface area (Å²) in [5, 5.41) is 0. The van der Waals surface area contributed by atoms with Crippen molar-refractivity contribution in [3.8, 4) is 0 Å². The minimum Gasteiger partial charge on any atom is -0.170 e. The minimum absolute atomic E-state index is 0.607. The number of alkyl halides is 9. The zero-order chi connectivity index (χ0) is 16.2. The van der Waals surface area contributed by atoms with Crippen molar-refractivity contribution >= 4 is 5.57 Å². The fourth-order valence-electron chi connectivity index (χ4n) is 2.37. The van der Waals surface area contributed by atoms with Gasteiger partial charge < -0.3 is 0 Å². The van der Waals surface area contributed by atoms with Crippen molar-refractivity contribution in [2.75, 3.05) is 0 Å². The van der Waals surface area contributed by atoms with E-state index >= 15 is 0 Å². The number of hydrogen-bond acceptors (Lipinski definition) is 0. The van der Waals surface area contributed by atoms with Crippen LogP contribution in [0.25, 0.3) is 5.57 Å². The third-order valence-electron chi connectivity index (χ3n) is 3.02. The van der Waals surface area contributed by atoms with Crippen molar-refractivity contribution < 1.29 is 39.5 Å². The van der Waals surface area contributed by atoms with Crippen LogP contribution in [0.1, 0.15) is 17.0 Å². The van der Waals surface area contributed by atoms with Crippen LogP contribution in [0.2, 0.25) is 0 Å².